The van der Waals surface area contributed by atoms with E-state index < -0.39 is 0 Å². The molecule has 0 spiro atoms. The summed E-state index contributed by atoms with van der Waals surface area (Å²) in [6.45, 7) is 1.95. The lowest BCUT2D eigenvalue weighted by Gasteiger charge is -2.16. The number of carbonyl (C=O) groups excluding carboxylic acids is 1. The van der Waals surface area contributed by atoms with Gasteiger partial charge in [0.25, 0.3) is 5.91 Å². The molecule has 3 aromatic carbocycles. The van der Waals surface area contributed by atoms with Gasteiger partial charge < -0.3 is 20.1 Å². The third kappa shape index (κ3) is 4.08. The molecule has 0 aliphatic heterocycles. The zero-order valence-electron chi connectivity index (χ0n) is 19.3. The minimum atomic E-state index is -0.363. The predicted molar refractivity (Wildman–Crippen MR) is 137 cm³/mol. The van der Waals surface area contributed by atoms with Crippen molar-refractivity contribution in [1.29, 1.82) is 0 Å². The van der Waals surface area contributed by atoms with Gasteiger partial charge in [-0.2, -0.15) is 0 Å². The summed E-state index contributed by atoms with van der Waals surface area (Å²) in [6, 6.07) is 18.4. The number of rotatable bonds is 6. The molecular weight excluding hydrogens is 466 g/mol. The molecule has 5 aromatic rings. The standard InChI is InChI=1S/C26H22ClN5O3/c1-15-8-7-11-17(27)23(15)31-24-20-14-28-25(26(33)29-16-9-5-4-6-10-16)32(20)19-13-22(35-3)21(34-2)12-18(19)30-24/h4-14H,1-3H3,(H,29,33)(H,30,31). The Morgan fingerprint density at radius 3 is 2.43 bits per heavy atom. The number of hydrogen-bond donors (Lipinski definition) is 2. The van der Waals surface area contributed by atoms with E-state index >= 15 is 0 Å². The fourth-order valence-electron chi connectivity index (χ4n) is 3.94. The number of aryl methyl sites for hydroxylation is 1. The van der Waals surface area contributed by atoms with Crippen LogP contribution >= 0.6 is 11.6 Å². The van der Waals surface area contributed by atoms with Crippen molar-refractivity contribution in [2.75, 3.05) is 24.9 Å². The molecular formula is C26H22ClN5O3. The number of nitrogens with one attached hydrogen (secondary N) is 2. The molecule has 0 aliphatic carbocycles. The van der Waals surface area contributed by atoms with E-state index in [1.165, 1.54) is 0 Å². The molecule has 0 aliphatic rings. The van der Waals surface area contributed by atoms with E-state index in [0.717, 1.165) is 11.3 Å². The molecule has 5 rings (SSSR count). The number of fused-ring (bicyclic) bond motifs is 3. The highest BCUT2D eigenvalue weighted by atomic mass is 35.5. The molecule has 0 bridgehead atoms. The van der Waals surface area contributed by atoms with Crippen LogP contribution in [0.1, 0.15) is 16.2 Å². The van der Waals surface area contributed by atoms with Crippen LogP contribution in [0.5, 0.6) is 11.5 Å². The molecule has 0 saturated carbocycles. The SMILES string of the molecule is COc1cc2nc(Nc3c(C)cccc3Cl)c3cnc(C(=O)Nc4ccccc4)n3c2cc1OC. The van der Waals surface area contributed by atoms with Crippen molar-refractivity contribution in [3.05, 3.63) is 83.3 Å². The lowest BCUT2D eigenvalue weighted by atomic mass is 10.2. The van der Waals surface area contributed by atoms with Crippen LogP contribution in [0.25, 0.3) is 16.6 Å². The number of carbonyl (C=O) groups is 1. The molecule has 0 saturated heterocycles. The van der Waals surface area contributed by atoms with Crippen LogP contribution in [0.4, 0.5) is 17.2 Å². The molecule has 0 unspecified atom stereocenters. The maximum absolute atomic E-state index is 13.3. The second kappa shape index (κ2) is 9.15. The first-order valence-electron chi connectivity index (χ1n) is 10.8. The van der Waals surface area contributed by atoms with Crippen molar-refractivity contribution in [2.24, 2.45) is 0 Å². The fraction of sp³-hybridized carbons (Fsp3) is 0.115. The molecule has 2 heterocycles. The average Bonchev–Trinajstić information content (AvgIpc) is 3.32. The molecule has 1 amide bonds. The van der Waals surface area contributed by atoms with Gasteiger partial charge in [-0.15, -0.1) is 0 Å². The number of para-hydroxylation sites is 2. The summed E-state index contributed by atoms with van der Waals surface area (Å²) in [5.41, 5.74) is 4.15. The van der Waals surface area contributed by atoms with Crippen LogP contribution in [0, 0.1) is 6.92 Å². The number of anilines is 3. The zero-order valence-corrected chi connectivity index (χ0v) is 20.1. The van der Waals surface area contributed by atoms with Crippen LogP contribution in [0.15, 0.2) is 66.9 Å². The van der Waals surface area contributed by atoms with Crippen molar-refractivity contribution in [3.63, 3.8) is 0 Å². The Balaban J connectivity index is 1.74. The first-order chi connectivity index (χ1) is 17.0. The van der Waals surface area contributed by atoms with Gasteiger partial charge in [0.2, 0.25) is 5.82 Å². The normalized spacial score (nSPS) is 11.0. The van der Waals surface area contributed by atoms with E-state index in [1.54, 1.807) is 43.0 Å². The summed E-state index contributed by atoms with van der Waals surface area (Å²) < 4.78 is 12.7. The van der Waals surface area contributed by atoms with Gasteiger partial charge in [-0.1, -0.05) is 41.9 Å². The van der Waals surface area contributed by atoms with Crippen molar-refractivity contribution in [1.82, 2.24) is 14.4 Å². The summed E-state index contributed by atoms with van der Waals surface area (Å²) in [7, 11) is 3.12. The Bertz CT molecular complexity index is 1550. The van der Waals surface area contributed by atoms with E-state index in [-0.39, 0.29) is 11.7 Å². The Hall–Kier alpha value is -4.30. The van der Waals surface area contributed by atoms with Crippen molar-refractivity contribution < 1.29 is 14.3 Å². The van der Waals surface area contributed by atoms with Crippen molar-refractivity contribution >= 4 is 51.3 Å². The van der Waals surface area contributed by atoms with Gasteiger partial charge >= 0.3 is 0 Å². The quantitative estimate of drug-likeness (QED) is 0.312. The number of halogens is 1. The molecule has 0 atom stereocenters. The largest absolute Gasteiger partial charge is 0.493 e. The van der Waals surface area contributed by atoms with Gasteiger partial charge in [-0.05, 0) is 30.7 Å². The highest BCUT2D eigenvalue weighted by Gasteiger charge is 2.21. The number of hydrogen-bond acceptors (Lipinski definition) is 6. The number of nitrogens with zero attached hydrogens (tertiary/aromatic N) is 3. The van der Waals surface area contributed by atoms with Crippen molar-refractivity contribution in [3.8, 4) is 11.5 Å². The summed E-state index contributed by atoms with van der Waals surface area (Å²) in [6.07, 6.45) is 1.61. The van der Waals surface area contributed by atoms with E-state index in [4.69, 9.17) is 26.1 Å². The monoisotopic (exact) mass is 487 g/mol. The van der Waals surface area contributed by atoms with E-state index in [0.29, 0.717) is 44.6 Å². The Labute approximate surface area is 206 Å². The smallest absolute Gasteiger partial charge is 0.292 e. The Morgan fingerprint density at radius 2 is 1.71 bits per heavy atom. The summed E-state index contributed by atoms with van der Waals surface area (Å²) in [5, 5.41) is 6.79. The summed E-state index contributed by atoms with van der Waals surface area (Å²) in [5.74, 6) is 1.35. The number of aromatic nitrogens is 3. The Kier molecular flexibility index (Phi) is 5.88. The maximum atomic E-state index is 13.3. The average molecular weight is 488 g/mol. The first kappa shape index (κ1) is 22.5. The van der Waals surface area contributed by atoms with Crippen LogP contribution in [0.2, 0.25) is 5.02 Å². The van der Waals surface area contributed by atoms with Gasteiger partial charge in [-0.3, -0.25) is 9.20 Å². The highest BCUT2D eigenvalue weighted by molar-refractivity contribution is 6.33. The highest BCUT2D eigenvalue weighted by Crippen LogP contribution is 2.36. The molecule has 2 aromatic heterocycles. The van der Waals surface area contributed by atoms with Gasteiger partial charge in [0.15, 0.2) is 17.3 Å². The first-order valence-corrected chi connectivity index (χ1v) is 11.2. The molecule has 35 heavy (non-hydrogen) atoms. The van der Waals surface area contributed by atoms with Gasteiger partial charge in [-0.25, -0.2) is 9.97 Å². The number of ether oxygens (including phenoxy) is 2. The molecule has 176 valence electrons. The van der Waals surface area contributed by atoms with Crippen molar-refractivity contribution in [2.45, 2.75) is 6.92 Å². The summed E-state index contributed by atoms with van der Waals surface area (Å²) >= 11 is 6.47. The number of benzene rings is 3. The minimum Gasteiger partial charge on any atom is -0.493 e. The third-order valence-corrected chi connectivity index (χ3v) is 5.97. The molecule has 8 nitrogen and oxygen atoms in total. The Morgan fingerprint density at radius 1 is 0.971 bits per heavy atom. The topological polar surface area (TPSA) is 89.8 Å². The molecule has 0 radical (unpaired) electrons. The summed E-state index contributed by atoms with van der Waals surface area (Å²) in [4.78, 5) is 22.6. The minimum absolute atomic E-state index is 0.197. The lowest BCUT2D eigenvalue weighted by Crippen LogP contribution is -2.16. The molecule has 2 N–H and O–H groups in total. The molecule has 0 fully saturated rings. The predicted octanol–water partition coefficient (Wildman–Crippen LogP) is 5.86. The van der Waals surface area contributed by atoms with Gasteiger partial charge in [0, 0.05) is 17.8 Å². The van der Waals surface area contributed by atoms with E-state index in [1.807, 2.05) is 49.4 Å². The zero-order chi connectivity index (χ0) is 24.5. The molecule has 9 heteroatoms. The van der Waals surface area contributed by atoms with E-state index in [2.05, 4.69) is 15.6 Å². The number of methoxy groups -OCH3 is 2. The van der Waals surface area contributed by atoms with Gasteiger partial charge in [0.05, 0.1) is 42.2 Å². The number of imidazole rings is 1. The van der Waals surface area contributed by atoms with Crippen LogP contribution in [-0.4, -0.2) is 34.5 Å². The van der Waals surface area contributed by atoms with Crippen LogP contribution in [0.3, 0.4) is 0 Å². The van der Waals surface area contributed by atoms with Crippen LogP contribution in [-0.2, 0) is 0 Å². The fourth-order valence-corrected chi connectivity index (χ4v) is 4.20. The second-order valence-corrected chi connectivity index (χ2v) is 8.24. The second-order valence-electron chi connectivity index (χ2n) is 7.84. The maximum Gasteiger partial charge on any atom is 0.292 e. The number of amides is 1. The van der Waals surface area contributed by atoms with E-state index in [9.17, 15) is 4.79 Å². The third-order valence-electron chi connectivity index (χ3n) is 5.66. The lowest BCUT2D eigenvalue weighted by molar-refractivity contribution is 0.101. The van der Waals surface area contributed by atoms with Crippen LogP contribution < -0.4 is 20.1 Å². The van der Waals surface area contributed by atoms with Gasteiger partial charge in [0.1, 0.15) is 5.52 Å².